The van der Waals surface area contributed by atoms with Crippen LogP contribution in [0.4, 0.5) is 10.6 Å². The molecule has 2 aliphatic rings. The molecule has 5 heterocycles. The first kappa shape index (κ1) is 16.5. The number of hydrogen-bond acceptors (Lipinski definition) is 7. The van der Waals surface area contributed by atoms with Crippen LogP contribution in [0.3, 0.4) is 0 Å². The molecule has 2 amide bonds. The predicted molar refractivity (Wildman–Crippen MR) is 104 cm³/mol. The molecule has 1 N–H and O–H groups in total. The second-order valence-electron chi connectivity index (χ2n) is 7.15. The molecule has 138 valence electrons. The highest BCUT2D eigenvalue weighted by Gasteiger charge is 2.43. The van der Waals surface area contributed by atoms with Crippen molar-refractivity contribution < 1.29 is 4.79 Å². The number of carbonyl (C=O) groups is 1. The number of hydrogen-bond donors (Lipinski definition) is 1. The average molecular weight is 381 g/mol. The van der Waals surface area contributed by atoms with Gasteiger partial charge in [-0.15, -0.1) is 10.2 Å². The fraction of sp³-hybridized carbons (Fsp3) is 0.389. The fourth-order valence-electron chi connectivity index (χ4n) is 3.90. The summed E-state index contributed by atoms with van der Waals surface area (Å²) in [6, 6.07) is 6.38. The second-order valence-corrected chi connectivity index (χ2v) is 8.33. The van der Waals surface area contributed by atoms with Gasteiger partial charge < -0.3 is 4.90 Å². The van der Waals surface area contributed by atoms with Gasteiger partial charge in [0.25, 0.3) is 0 Å². The molecule has 0 unspecified atom stereocenters. The monoisotopic (exact) mass is 381 g/mol. The maximum atomic E-state index is 12.7. The molecule has 5 rings (SSSR count). The molecular formula is C18H19N7OS. The van der Waals surface area contributed by atoms with E-state index in [1.165, 1.54) is 11.3 Å². The van der Waals surface area contributed by atoms with E-state index < -0.39 is 0 Å². The highest BCUT2D eigenvalue weighted by atomic mass is 32.1. The first-order chi connectivity index (χ1) is 13.1. The van der Waals surface area contributed by atoms with Gasteiger partial charge >= 0.3 is 6.03 Å². The van der Waals surface area contributed by atoms with Gasteiger partial charge in [-0.1, -0.05) is 11.3 Å². The van der Waals surface area contributed by atoms with Crippen molar-refractivity contribution in [3.63, 3.8) is 0 Å². The number of aryl methyl sites for hydroxylation is 1. The number of likely N-dealkylation sites (tertiary alicyclic amines) is 2. The molecule has 2 saturated heterocycles. The zero-order valence-corrected chi connectivity index (χ0v) is 15.9. The lowest BCUT2D eigenvalue weighted by Gasteiger charge is -2.31. The lowest BCUT2D eigenvalue weighted by molar-refractivity contribution is 0.161. The van der Waals surface area contributed by atoms with Crippen LogP contribution in [-0.4, -0.2) is 68.2 Å². The van der Waals surface area contributed by atoms with Crippen LogP contribution in [0, 0.1) is 6.92 Å². The van der Waals surface area contributed by atoms with E-state index in [4.69, 9.17) is 0 Å². The fourth-order valence-corrected chi connectivity index (χ4v) is 4.56. The van der Waals surface area contributed by atoms with Crippen LogP contribution in [0.2, 0.25) is 0 Å². The van der Waals surface area contributed by atoms with Gasteiger partial charge in [-0.3, -0.25) is 10.2 Å². The zero-order chi connectivity index (χ0) is 18.5. The first-order valence-corrected chi connectivity index (χ1v) is 9.73. The number of rotatable bonds is 2. The number of fused-ring (bicyclic) bond motifs is 3. The number of anilines is 1. The topological polar surface area (TPSA) is 87.1 Å². The zero-order valence-electron chi connectivity index (χ0n) is 15.1. The van der Waals surface area contributed by atoms with Gasteiger partial charge in [-0.05, 0) is 32.5 Å². The molecule has 2 aliphatic heterocycles. The highest BCUT2D eigenvalue weighted by Crippen LogP contribution is 2.30. The van der Waals surface area contributed by atoms with E-state index in [1.807, 2.05) is 30.0 Å². The summed E-state index contributed by atoms with van der Waals surface area (Å²) < 4.78 is 0. The number of carbonyl (C=O) groups excluding carboxylic acids is 1. The van der Waals surface area contributed by atoms with Crippen molar-refractivity contribution >= 4 is 34.1 Å². The Morgan fingerprint density at radius 1 is 1.26 bits per heavy atom. The minimum atomic E-state index is -0.0849. The molecule has 2 bridgehead atoms. The molecule has 27 heavy (non-hydrogen) atoms. The molecule has 0 saturated carbocycles. The molecule has 9 heteroatoms. The highest BCUT2D eigenvalue weighted by molar-refractivity contribution is 7.14. The van der Waals surface area contributed by atoms with Crippen molar-refractivity contribution in [3.05, 3.63) is 29.4 Å². The normalized spacial score (nSPS) is 21.9. The standard InChI is InChI=1S/C18H19N7OS/c1-10-22-23-17(27-10)14-4-3-11-7-19-16(6-15(11)20-14)21-18(26)25-9-12-5-13(25)8-24(12)2/h3-4,6-7,12-13H,5,8-9H2,1-2H3,(H,19,21,26)/t12-,13-/m1/s1. The van der Waals surface area contributed by atoms with E-state index >= 15 is 0 Å². The smallest absolute Gasteiger partial charge is 0.319 e. The van der Waals surface area contributed by atoms with Crippen molar-refractivity contribution in [1.82, 2.24) is 30.0 Å². The SMILES string of the molecule is Cc1nnc(-c2ccc3cnc(NC(=O)N4C[C@H]5C[C@@H]4CN5C)cc3n2)s1. The van der Waals surface area contributed by atoms with Crippen molar-refractivity contribution in [2.24, 2.45) is 0 Å². The van der Waals surface area contributed by atoms with Gasteiger partial charge in [-0.25, -0.2) is 14.8 Å². The lowest BCUT2D eigenvalue weighted by Crippen LogP contribution is -2.48. The Morgan fingerprint density at radius 2 is 2.15 bits per heavy atom. The van der Waals surface area contributed by atoms with Crippen molar-refractivity contribution in [2.75, 3.05) is 25.5 Å². The van der Waals surface area contributed by atoms with Gasteiger partial charge in [0.05, 0.1) is 5.52 Å². The number of amides is 2. The summed E-state index contributed by atoms with van der Waals surface area (Å²) >= 11 is 1.51. The van der Waals surface area contributed by atoms with Crippen LogP contribution < -0.4 is 5.32 Å². The summed E-state index contributed by atoms with van der Waals surface area (Å²) in [5, 5.41) is 13.7. The Hall–Kier alpha value is -2.65. The van der Waals surface area contributed by atoms with Crippen molar-refractivity contribution in [3.8, 4) is 10.7 Å². The minimum Gasteiger partial charge on any atom is -0.319 e. The van der Waals surface area contributed by atoms with Gasteiger partial charge in [0, 0.05) is 42.8 Å². The largest absolute Gasteiger partial charge is 0.323 e. The van der Waals surface area contributed by atoms with Gasteiger partial charge in [0.1, 0.15) is 16.5 Å². The third-order valence-corrected chi connectivity index (χ3v) is 6.19. The van der Waals surface area contributed by atoms with Crippen LogP contribution in [0.25, 0.3) is 21.6 Å². The van der Waals surface area contributed by atoms with Crippen LogP contribution in [0.1, 0.15) is 11.4 Å². The molecular weight excluding hydrogens is 362 g/mol. The quantitative estimate of drug-likeness (QED) is 0.733. The Bertz CT molecular complexity index is 1030. The van der Waals surface area contributed by atoms with Crippen LogP contribution in [-0.2, 0) is 0 Å². The lowest BCUT2D eigenvalue weighted by atomic mass is 10.2. The van der Waals surface area contributed by atoms with Crippen molar-refractivity contribution in [1.29, 1.82) is 0 Å². The van der Waals surface area contributed by atoms with E-state index in [0.29, 0.717) is 17.9 Å². The molecule has 0 aromatic carbocycles. The van der Waals surface area contributed by atoms with E-state index in [1.54, 1.807) is 6.20 Å². The van der Waals surface area contributed by atoms with Gasteiger partial charge in [0.2, 0.25) is 0 Å². The summed E-state index contributed by atoms with van der Waals surface area (Å²) in [4.78, 5) is 25.9. The number of urea groups is 1. The maximum absolute atomic E-state index is 12.7. The number of pyridine rings is 2. The van der Waals surface area contributed by atoms with E-state index in [-0.39, 0.29) is 6.03 Å². The van der Waals surface area contributed by atoms with Crippen LogP contribution >= 0.6 is 11.3 Å². The molecule has 3 aromatic heterocycles. The Morgan fingerprint density at radius 3 is 2.85 bits per heavy atom. The predicted octanol–water partition coefficient (Wildman–Crippen LogP) is 2.38. The number of aromatic nitrogens is 4. The molecule has 0 spiro atoms. The molecule has 2 fully saturated rings. The van der Waals surface area contributed by atoms with E-state index in [9.17, 15) is 4.79 Å². The van der Waals surface area contributed by atoms with E-state index in [2.05, 4.69) is 37.4 Å². The molecule has 0 radical (unpaired) electrons. The Labute approximate surface area is 160 Å². The summed E-state index contributed by atoms with van der Waals surface area (Å²) in [5.74, 6) is 0.515. The second kappa shape index (κ2) is 6.21. The number of nitrogens with one attached hydrogen (secondary N) is 1. The molecule has 0 aliphatic carbocycles. The Balaban J connectivity index is 1.38. The summed E-state index contributed by atoms with van der Waals surface area (Å²) in [6.45, 7) is 3.64. The van der Waals surface area contributed by atoms with Crippen LogP contribution in [0.15, 0.2) is 24.4 Å². The average Bonchev–Trinajstić information content (AvgIpc) is 3.36. The molecule has 8 nitrogen and oxygen atoms in total. The third-order valence-electron chi connectivity index (χ3n) is 5.33. The third kappa shape index (κ3) is 2.92. The number of nitrogens with zero attached hydrogens (tertiary/aromatic N) is 6. The number of piperazine rings is 1. The minimum absolute atomic E-state index is 0.0849. The van der Waals surface area contributed by atoms with Crippen LogP contribution in [0.5, 0.6) is 0 Å². The Kier molecular flexibility index (Phi) is 3.80. The summed E-state index contributed by atoms with van der Waals surface area (Å²) in [6.07, 6.45) is 2.79. The van der Waals surface area contributed by atoms with E-state index in [0.717, 1.165) is 46.1 Å². The van der Waals surface area contributed by atoms with Gasteiger partial charge in [0.15, 0.2) is 5.01 Å². The van der Waals surface area contributed by atoms with Crippen molar-refractivity contribution in [2.45, 2.75) is 25.4 Å². The molecule has 2 atom stereocenters. The molecule has 3 aromatic rings. The number of likely N-dealkylation sites (N-methyl/N-ethyl adjacent to an activating group) is 1. The summed E-state index contributed by atoms with van der Waals surface area (Å²) in [7, 11) is 2.12. The summed E-state index contributed by atoms with van der Waals surface area (Å²) in [5.41, 5.74) is 1.55. The van der Waals surface area contributed by atoms with Gasteiger partial charge in [-0.2, -0.15) is 0 Å². The first-order valence-electron chi connectivity index (χ1n) is 8.92. The maximum Gasteiger partial charge on any atom is 0.323 e.